The number of nitrogens with one attached hydrogen (secondary N) is 3. The van der Waals surface area contributed by atoms with Crippen LogP contribution in [0.15, 0.2) is 30.3 Å². The summed E-state index contributed by atoms with van der Waals surface area (Å²) in [7, 11) is 0. The van der Waals surface area contributed by atoms with Gasteiger partial charge in [-0.3, -0.25) is 14.4 Å². The van der Waals surface area contributed by atoms with Gasteiger partial charge < -0.3 is 30.3 Å². The lowest BCUT2D eigenvalue weighted by molar-refractivity contribution is -0.125. The summed E-state index contributed by atoms with van der Waals surface area (Å²) in [6.45, 7) is -1.79. The summed E-state index contributed by atoms with van der Waals surface area (Å²) in [6, 6.07) is 4.80. The number of hydrogen-bond donors (Lipinski definition) is 3. The van der Waals surface area contributed by atoms with Crippen molar-refractivity contribution in [3.63, 3.8) is 0 Å². The molecule has 206 valence electrons. The summed E-state index contributed by atoms with van der Waals surface area (Å²) < 4.78 is 62.0. The first kappa shape index (κ1) is 29.1. The van der Waals surface area contributed by atoms with Gasteiger partial charge in [-0.2, -0.15) is 0 Å². The minimum atomic E-state index is -3.01. The number of benzene rings is 1. The second kappa shape index (κ2) is 13.4. The molecule has 1 atom stereocenters. The molecule has 1 saturated heterocycles. The molecule has 1 fully saturated rings. The maximum absolute atomic E-state index is 13.8. The van der Waals surface area contributed by atoms with Crippen LogP contribution in [0, 0.1) is 0 Å². The Labute approximate surface area is 222 Å². The van der Waals surface area contributed by atoms with Crippen molar-refractivity contribution in [3.05, 3.63) is 45.1 Å². The van der Waals surface area contributed by atoms with E-state index >= 15 is 0 Å². The number of anilines is 2. The summed E-state index contributed by atoms with van der Waals surface area (Å²) in [5.74, 6) is -2.12. The Kier molecular flexibility index (Phi) is 10.3. The van der Waals surface area contributed by atoms with E-state index < -0.39 is 61.4 Å². The van der Waals surface area contributed by atoms with Crippen molar-refractivity contribution in [1.29, 1.82) is 0 Å². The Morgan fingerprint density at radius 2 is 1.92 bits per heavy atom. The lowest BCUT2D eigenvalue weighted by Crippen LogP contribution is -2.50. The van der Waals surface area contributed by atoms with Crippen LogP contribution in [0.25, 0.3) is 0 Å². The number of alkyl halides is 4. The van der Waals surface area contributed by atoms with Crippen LogP contribution in [0.2, 0.25) is 4.34 Å². The maximum atomic E-state index is 13.8. The average Bonchev–Trinajstić information content (AvgIpc) is 3.31. The van der Waals surface area contributed by atoms with Crippen LogP contribution in [0.5, 0.6) is 0 Å². The van der Waals surface area contributed by atoms with Crippen LogP contribution in [-0.4, -0.2) is 69.2 Å². The van der Waals surface area contributed by atoms with Gasteiger partial charge in [-0.05, 0) is 30.3 Å². The fourth-order valence-corrected chi connectivity index (χ4v) is 4.26. The third-order valence-electron chi connectivity index (χ3n) is 5.02. The number of ether oxygens (including phenoxy) is 2. The van der Waals surface area contributed by atoms with Gasteiger partial charge in [0, 0.05) is 24.3 Å². The number of amides is 4. The van der Waals surface area contributed by atoms with Crippen LogP contribution in [0.3, 0.4) is 0 Å². The van der Waals surface area contributed by atoms with E-state index in [-0.39, 0.29) is 36.0 Å². The van der Waals surface area contributed by atoms with Gasteiger partial charge in [0.1, 0.15) is 12.6 Å². The highest BCUT2D eigenvalue weighted by Gasteiger charge is 2.27. The molecule has 10 nitrogen and oxygen atoms in total. The molecule has 1 aromatic carbocycles. The SMILES string of the molecule is O=C(N[C@H](CNC(=O)c1ccc(Cl)s1)C(=O)Nc1ccc(N2CCOCC2=O)c(C(F)F)c1)OCC(F)F. The Balaban J connectivity index is 1.75. The first-order valence-corrected chi connectivity index (χ1v) is 12.1. The van der Waals surface area contributed by atoms with E-state index in [0.717, 1.165) is 22.3 Å². The Morgan fingerprint density at radius 1 is 1.16 bits per heavy atom. The van der Waals surface area contributed by atoms with Crippen LogP contribution in [-0.2, 0) is 19.1 Å². The molecule has 1 aliphatic heterocycles. The molecule has 2 aromatic rings. The molecule has 2 heterocycles. The first-order valence-electron chi connectivity index (χ1n) is 10.9. The van der Waals surface area contributed by atoms with Gasteiger partial charge in [-0.1, -0.05) is 11.6 Å². The zero-order valence-electron chi connectivity index (χ0n) is 19.3. The number of nitrogens with zero attached hydrogens (tertiary/aromatic N) is 1. The minimum absolute atomic E-state index is 0.0570. The number of halogens is 5. The highest BCUT2D eigenvalue weighted by Crippen LogP contribution is 2.33. The van der Waals surface area contributed by atoms with Gasteiger partial charge >= 0.3 is 6.09 Å². The van der Waals surface area contributed by atoms with E-state index in [0.29, 0.717) is 4.34 Å². The number of rotatable bonds is 10. The number of morpholine rings is 1. The van der Waals surface area contributed by atoms with Gasteiger partial charge in [0.25, 0.3) is 24.7 Å². The van der Waals surface area contributed by atoms with Crippen LogP contribution >= 0.6 is 22.9 Å². The molecule has 3 N–H and O–H groups in total. The van der Waals surface area contributed by atoms with Gasteiger partial charge in [0.2, 0.25) is 5.91 Å². The predicted molar refractivity (Wildman–Crippen MR) is 129 cm³/mol. The summed E-state index contributed by atoms with van der Waals surface area (Å²) in [5, 5.41) is 6.77. The zero-order valence-corrected chi connectivity index (χ0v) is 20.9. The zero-order chi connectivity index (χ0) is 27.8. The van der Waals surface area contributed by atoms with Gasteiger partial charge in [0.05, 0.1) is 21.5 Å². The molecule has 3 rings (SSSR count). The van der Waals surface area contributed by atoms with Crippen LogP contribution in [0.1, 0.15) is 21.7 Å². The summed E-state index contributed by atoms with van der Waals surface area (Å²) in [4.78, 5) is 50.6. The Morgan fingerprint density at radius 3 is 2.55 bits per heavy atom. The molecule has 1 aliphatic rings. The van der Waals surface area contributed by atoms with E-state index in [4.69, 9.17) is 16.3 Å². The summed E-state index contributed by atoms with van der Waals surface area (Å²) in [5.41, 5.74) is -0.709. The van der Waals surface area contributed by atoms with Gasteiger partial charge in [-0.25, -0.2) is 22.4 Å². The third-order valence-corrected chi connectivity index (χ3v) is 6.25. The lowest BCUT2D eigenvalue weighted by Gasteiger charge is -2.29. The molecule has 0 spiro atoms. The maximum Gasteiger partial charge on any atom is 0.408 e. The van der Waals surface area contributed by atoms with Crippen molar-refractivity contribution in [2.75, 3.05) is 43.1 Å². The smallest absolute Gasteiger partial charge is 0.408 e. The van der Waals surface area contributed by atoms with E-state index in [2.05, 4.69) is 20.7 Å². The van der Waals surface area contributed by atoms with Crippen molar-refractivity contribution in [3.8, 4) is 0 Å². The largest absolute Gasteiger partial charge is 0.443 e. The van der Waals surface area contributed by atoms with Crippen molar-refractivity contribution < 1.29 is 46.2 Å². The van der Waals surface area contributed by atoms with Gasteiger partial charge in [-0.15, -0.1) is 11.3 Å². The molecule has 0 saturated carbocycles. The second-order valence-electron chi connectivity index (χ2n) is 7.66. The number of carbonyl (C=O) groups excluding carboxylic acids is 4. The Hall–Kier alpha value is -3.43. The fourth-order valence-electron chi connectivity index (χ4n) is 3.31. The monoisotopic (exact) mass is 580 g/mol. The van der Waals surface area contributed by atoms with Crippen molar-refractivity contribution >= 4 is 58.1 Å². The molecule has 16 heteroatoms. The third kappa shape index (κ3) is 8.03. The molecule has 0 bridgehead atoms. The summed E-state index contributed by atoms with van der Waals surface area (Å²) >= 11 is 6.75. The lowest BCUT2D eigenvalue weighted by atomic mass is 10.1. The minimum Gasteiger partial charge on any atom is -0.443 e. The average molecular weight is 581 g/mol. The van der Waals surface area contributed by atoms with E-state index in [9.17, 15) is 36.7 Å². The highest BCUT2D eigenvalue weighted by atomic mass is 35.5. The molecule has 1 aromatic heterocycles. The molecule has 38 heavy (non-hydrogen) atoms. The van der Waals surface area contributed by atoms with E-state index in [1.165, 1.54) is 24.3 Å². The van der Waals surface area contributed by atoms with E-state index in [1.54, 1.807) is 0 Å². The van der Waals surface area contributed by atoms with Crippen molar-refractivity contribution in [2.24, 2.45) is 0 Å². The molecule has 4 amide bonds. The molecule has 0 unspecified atom stereocenters. The molecular weight excluding hydrogens is 560 g/mol. The van der Waals surface area contributed by atoms with Gasteiger partial charge in [0.15, 0.2) is 6.61 Å². The normalized spacial score (nSPS) is 14.4. The predicted octanol–water partition coefficient (Wildman–Crippen LogP) is 3.43. The number of carbonyl (C=O) groups is 4. The first-order chi connectivity index (χ1) is 18.0. The topological polar surface area (TPSA) is 126 Å². The highest BCUT2D eigenvalue weighted by molar-refractivity contribution is 7.18. The van der Waals surface area contributed by atoms with Crippen molar-refractivity contribution in [1.82, 2.24) is 10.6 Å². The van der Waals surface area contributed by atoms with E-state index in [1.807, 2.05) is 0 Å². The van der Waals surface area contributed by atoms with Crippen LogP contribution in [0.4, 0.5) is 33.7 Å². The Bertz CT molecular complexity index is 1180. The summed E-state index contributed by atoms with van der Waals surface area (Å²) in [6.07, 6.45) is -7.33. The molecular formula is C22H21ClF4N4O6S. The van der Waals surface area contributed by atoms with Crippen molar-refractivity contribution in [2.45, 2.75) is 18.9 Å². The number of hydrogen-bond acceptors (Lipinski definition) is 7. The second-order valence-corrected chi connectivity index (χ2v) is 9.38. The number of alkyl carbamates (subject to hydrolysis) is 1. The quantitative estimate of drug-likeness (QED) is 0.370. The fraction of sp³-hybridized carbons (Fsp3) is 0.364. The number of thiophene rings is 1. The standard InChI is InChI=1S/C22H21ClF4N4O6S/c23-16-4-3-15(38-16)21(34)28-8-13(30-22(35)37-9-17(24)25)20(33)29-11-1-2-14(12(7-11)19(26)27)31-5-6-36-10-18(31)32/h1-4,7,13,17,19H,5-6,8-10H2,(H,28,34)(H,29,33)(H,30,35)/t13-/m1/s1. The molecule has 0 radical (unpaired) electrons. The molecule has 0 aliphatic carbocycles. The van der Waals surface area contributed by atoms with Crippen LogP contribution < -0.4 is 20.9 Å².